The lowest BCUT2D eigenvalue weighted by Crippen LogP contribution is -2.43. The topological polar surface area (TPSA) is 65.1 Å². The highest BCUT2D eigenvalue weighted by atomic mass is 16.6. The van der Waals surface area contributed by atoms with Gasteiger partial charge in [0.1, 0.15) is 13.2 Å². The first-order valence-electron chi connectivity index (χ1n) is 7.58. The van der Waals surface area contributed by atoms with E-state index in [1.807, 2.05) is 6.92 Å². The van der Waals surface area contributed by atoms with Crippen molar-refractivity contribution in [3.63, 3.8) is 0 Å². The Kier molecular flexibility index (Phi) is 5.06. The average Bonchev–Trinajstić information content (AvgIpc) is 3.21. The molecule has 5 nitrogen and oxygen atoms in total. The van der Waals surface area contributed by atoms with Gasteiger partial charge in [-0.15, -0.1) is 0 Å². The zero-order chi connectivity index (χ0) is 16.4. The number of carbonyl (C=O) groups is 2. The van der Waals surface area contributed by atoms with Gasteiger partial charge in [-0.3, -0.25) is 9.59 Å². The zero-order valence-corrected chi connectivity index (χ0v) is 13.5. The molecule has 2 rings (SSSR count). The Hall–Kier alpha value is -1.62. The van der Waals surface area contributed by atoms with Gasteiger partial charge in [-0.1, -0.05) is 20.1 Å². The van der Waals surface area contributed by atoms with E-state index in [2.05, 4.69) is 13.2 Å². The maximum Gasteiger partial charge on any atom is 0.310 e. The molecule has 22 heavy (non-hydrogen) atoms. The summed E-state index contributed by atoms with van der Waals surface area (Å²) in [4.78, 5) is 24.7. The number of hydrogen-bond acceptors (Lipinski definition) is 5. The van der Waals surface area contributed by atoms with Crippen molar-refractivity contribution in [1.82, 2.24) is 0 Å². The Bertz CT molecular complexity index is 495. The molecule has 1 saturated carbocycles. The molecule has 0 aromatic rings. The molecule has 0 bridgehead atoms. The molecular formula is C17H24O5. The molecule has 5 atom stereocenters. The quantitative estimate of drug-likeness (QED) is 0.428. The minimum Gasteiger partial charge on any atom is -0.461 e. The summed E-state index contributed by atoms with van der Waals surface area (Å²) in [7, 11) is 0. The number of hydrogen-bond donors (Lipinski definition) is 0. The molecule has 5 unspecified atom stereocenters. The Morgan fingerprint density at radius 1 is 1.09 bits per heavy atom. The van der Waals surface area contributed by atoms with Crippen molar-refractivity contribution >= 4 is 11.9 Å². The van der Waals surface area contributed by atoms with Gasteiger partial charge in [0, 0.05) is 0 Å². The highest BCUT2D eigenvalue weighted by molar-refractivity contribution is 5.83. The van der Waals surface area contributed by atoms with Crippen LogP contribution >= 0.6 is 0 Å². The second kappa shape index (κ2) is 6.65. The average molecular weight is 308 g/mol. The van der Waals surface area contributed by atoms with Gasteiger partial charge in [-0.25, -0.2) is 0 Å². The lowest BCUT2D eigenvalue weighted by atomic mass is 9.72. The molecule has 1 aliphatic heterocycles. The Balaban J connectivity index is 2.06. The van der Waals surface area contributed by atoms with Crippen LogP contribution in [0.15, 0.2) is 24.3 Å². The van der Waals surface area contributed by atoms with E-state index in [4.69, 9.17) is 14.2 Å². The van der Waals surface area contributed by atoms with Crippen LogP contribution in [0.4, 0.5) is 0 Å². The number of epoxide rings is 1. The third-order valence-corrected chi connectivity index (χ3v) is 4.12. The second-order valence-electron chi connectivity index (χ2n) is 6.50. The molecule has 1 heterocycles. The van der Waals surface area contributed by atoms with E-state index in [-0.39, 0.29) is 43.3 Å². The monoisotopic (exact) mass is 308 g/mol. The molecule has 1 aliphatic carbocycles. The molecule has 2 fully saturated rings. The number of carbonyl (C=O) groups excluding carboxylic acids is 2. The smallest absolute Gasteiger partial charge is 0.310 e. The van der Waals surface area contributed by atoms with Gasteiger partial charge in [0.2, 0.25) is 0 Å². The van der Waals surface area contributed by atoms with Crippen molar-refractivity contribution in [1.29, 1.82) is 0 Å². The first-order chi connectivity index (χ1) is 10.3. The lowest BCUT2D eigenvalue weighted by Gasteiger charge is -2.31. The van der Waals surface area contributed by atoms with Gasteiger partial charge < -0.3 is 14.2 Å². The normalized spacial score (nSPS) is 32.6. The molecule has 0 aromatic carbocycles. The molecule has 2 aliphatic rings. The Labute approximate surface area is 131 Å². The lowest BCUT2D eigenvalue weighted by molar-refractivity contribution is -0.163. The van der Waals surface area contributed by atoms with Crippen molar-refractivity contribution in [2.75, 3.05) is 13.2 Å². The molecule has 1 saturated heterocycles. The fourth-order valence-corrected chi connectivity index (χ4v) is 2.99. The maximum absolute atomic E-state index is 12.4. The fraction of sp³-hybridized carbons (Fsp3) is 0.647. The Morgan fingerprint density at radius 2 is 1.64 bits per heavy atom. The predicted octanol–water partition coefficient (Wildman–Crippen LogP) is 2.26. The maximum atomic E-state index is 12.4. The minimum absolute atomic E-state index is 0.0487. The van der Waals surface area contributed by atoms with Crippen LogP contribution in [0.2, 0.25) is 0 Å². The van der Waals surface area contributed by atoms with Crippen molar-refractivity contribution in [3.05, 3.63) is 24.3 Å². The van der Waals surface area contributed by atoms with Crippen LogP contribution in [0.5, 0.6) is 0 Å². The summed E-state index contributed by atoms with van der Waals surface area (Å²) in [6, 6.07) is 0. The van der Waals surface area contributed by atoms with Crippen LogP contribution in [-0.4, -0.2) is 37.4 Å². The highest BCUT2D eigenvalue weighted by Crippen LogP contribution is 2.47. The van der Waals surface area contributed by atoms with Gasteiger partial charge >= 0.3 is 11.9 Å². The van der Waals surface area contributed by atoms with Crippen LogP contribution in [0, 0.1) is 17.8 Å². The van der Waals surface area contributed by atoms with Crippen molar-refractivity contribution in [2.45, 2.75) is 39.4 Å². The van der Waals surface area contributed by atoms with Gasteiger partial charge in [-0.2, -0.15) is 0 Å². The van der Waals surface area contributed by atoms with Crippen LogP contribution < -0.4 is 0 Å². The van der Waals surface area contributed by atoms with Crippen molar-refractivity contribution < 1.29 is 23.8 Å². The number of ether oxygens (including phenoxy) is 3. The summed E-state index contributed by atoms with van der Waals surface area (Å²) >= 11 is 0. The van der Waals surface area contributed by atoms with E-state index in [0.29, 0.717) is 6.42 Å². The highest BCUT2D eigenvalue weighted by Gasteiger charge is 2.58. The van der Waals surface area contributed by atoms with E-state index in [1.165, 1.54) is 0 Å². The fourth-order valence-electron chi connectivity index (χ4n) is 2.99. The third-order valence-electron chi connectivity index (χ3n) is 4.12. The molecule has 0 amide bonds. The molecule has 0 aromatic heterocycles. The summed E-state index contributed by atoms with van der Waals surface area (Å²) in [6.07, 6.45) is 0.617. The summed E-state index contributed by atoms with van der Waals surface area (Å²) < 4.78 is 16.1. The predicted molar refractivity (Wildman–Crippen MR) is 81.0 cm³/mol. The van der Waals surface area contributed by atoms with Gasteiger partial charge in [0.05, 0.1) is 24.0 Å². The van der Waals surface area contributed by atoms with Crippen LogP contribution in [0.25, 0.3) is 0 Å². The van der Waals surface area contributed by atoms with E-state index in [9.17, 15) is 9.59 Å². The molecule has 5 heteroatoms. The second-order valence-corrected chi connectivity index (χ2v) is 6.50. The van der Waals surface area contributed by atoms with Gasteiger partial charge in [0.25, 0.3) is 0 Å². The minimum atomic E-state index is -0.527. The molecule has 0 spiro atoms. The summed E-state index contributed by atoms with van der Waals surface area (Å²) in [5, 5.41) is 0. The van der Waals surface area contributed by atoms with Crippen LogP contribution in [0.1, 0.15) is 27.2 Å². The number of fused-ring (bicyclic) bond motifs is 1. The first-order valence-corrected chi connectivity index (χ1v) is 7.58. The number of esters is 2. The van der Waals surface area contributed by atoms with Crippen molar-refractivity contribution in [3.8, 4) is 0 Å². The van der Waals surface area contributed by atoms with E-state index in [0.717, 1.165) is 11.1 Å². The van der Waals surface area contributed by atoms with Crippen LogP contribution in [0.3, 0.4) is 0 Å². The molecule has 0 radical (unpaired) electrons. The standard InChI is InChI=1S/C17H24O5/c1-9(2)7-20-16(18)12-6-13-15(22-13)11(5)14(12)17(19)21-8-10(3)4/h11-15H,1,3,6-8H2,2,4-5H3. The van der Waals surface area contributed by atoms with Crippen molar-refractivity contribution in [2.24, 2.45) is 17.8 Å². The third kappa shape index (κ3) is 3.77. The van der Waals surface area contributed by atoms with E-state index in [1.54, 1.807) is 13.8 Å². The summed E-state index contributed by atoms with van der Waals surface area (Å²) in [6.45, 7) is 13.3. The van der Waals surface area contributed by atoms with Crippen LogP contribution in [-0.2, 0) is 23.8 Å². The molecule has 122 valence electrons. The van der Waals surface area contributed by atoms with E-state index >= 15 is 0 Å². The molecule has 0 N–H and O–H groups in total. The summed E-state index contributed by atoms with van der Waals surface area (Å²) in [5.41, 5.74) is 1.53. The largest absolute Gasteiger partial charge is 0.461 e. The Morgan fingerprint density at radius 3 is 2.18 bits per heavy atom. The first kappa shape index (κ1) is 16.7. The molecular weight excluding hydrogens is 284 g/mol. The number of rotatable bonds is 6. The van der Waals surface area contributed by atoms with E-state index < -0.39 is 11.8 Å². The zero-order valence-electron chi connectivity index (χ0n) is 13.5. The van der Waals surface area contributed by atoms with Gasteiger partial charge in [0.15, 0.2) is 0 Å². The summed E-state index contributed by atoms with van der Waals surface area (Å²) in [5.74, 6) is -1.85. The SMILES string of the molecule is C=C(C)COC(=O)C1CC2OC2C(C)C1C(=O)OCC(=C)C. The van der Waals surface area contributed by atoms with Gasteiger partial charge in [-0.05, 0) is 37.3 Å².